The topological polar surface area (TPSA) is 29.1 Å². The van der Waals surface area contributed by atoms with Gasteiger partial charge >= 0.3 is 6.18 Å². The molecule has 0 aliphatic heterocycles. The summed E-state index contributed by atoms with van der Waals surface area (Å²) in [6.07, 6.45) is -4.92. The van der Waals surface area contributed by atoms with Gasteiger partial charge in [0.25, 0.3) is 0 Å². The summed E-state index contributed by atoms with van der Waals surface area (Å²) in [5.41, 5.74) is 0.871. The van der Waals surface area contributed by atoms with Crippen LogP contribution in [-0.2, 0) is 4.79 Å². The quantitative estimate of drug-likeness (QED) is 0.861. The molecule has 1 aromatic carbocycles. The second kappa shape index (κ2) is 6.59. The van der Waals surface area contributed by atoms with Crippen LogP contribution in [0, 0.1) is 5.92 Å². The minimum absolute atomic E-state index is 0. The van der Waals surface area contributed by atoms with Gasteiger partial charge in [-0.15, -0.1) is 0 Å². The van der Waals surface area contributed by atoms with Crippen LogP contribution < -0.4 is 5.32 Å². The van der Waals surface area contributed by atoms with E-state index in [2.05, 4.69) is 5.32 Å². The third kappa shape index (κ3) is 4.93. The summed E-state index contributed by atoms with van der Waals surface area (Å²) in [6.45, 7) is 3.19. The Bertz CT molecular complexity index is 409. The fraction of sp³-hybridized carbons (Fsp3) is 0.500. The molecule has 1 aromatic rings. The Hall–Kier alpha value is -1.52. The minimum atomic E-state index is -4.32. The largest absolute Gasteiger partial charge is 0.392 e. The standard InChI is InChI=1S/C14H18F3NO.H2/c1-3-12(14(15,16)17)9-13(19)18-10(2)11-7-5-4-6-8-11;/h4-8,10,12H,3,9H2,1-2H3,(H,18,19);1H/t10-,12?;/m0./s1. The number of carbonyl (C=O) groups excluding carboxylic acids is 1. The second-order valence-electron chi connectivity index (χ2n) is 4.55. The SMILES string of the molecule is CCC(CC(=O)N[C@@H](C)c1ccccc1)C(F)(F)F.[HH]. The lowest BCUT2D eigenvalue weighted by Crippen LogP contribution is -2.32. The zero-order valence-corrected chi connectivity index (χ0v) is 11.0. The first-order valence-electron chi connectivity index (χ1n) is 6.25. The Morgan fingerprint density at radius 1 is 1.32 bits per heavy atom. The van der Waals surface area contributed by atoms with E-state index < -0.39 is 24.4 Å². The third-order valence-corrected chi connectivity index (χ3v) is 3.06. The molecule has 0 spiro atoms. The maximum atomic E-state index is 12.6. The van der Waals surface area contributed by atoms with E-state index in [0.717, 1.165) is 5.56 Å². The van der Waals surface area contributed by atoms with Crippen molar-refractivity contribution in [2.75, 3.05) is 0 Å². The lowest BCUT2D eigenvalue weighted by atomic mass is 10.0. The molecule has 2 atom stereocenters. The van der Waals surface area contributed by atoms with Crippen LogP contribution in [0.2, 0.25) is 0 Å². The smallest absolute Gasteiger partial charge is 0.350 e. The van der Waals surface area contributed by atoms with E-state index in [1.54, 1.807) is 6.92 Å². The molecule has 1 rings (SSSR count). The zero-order chi connectivity index (χ0) is 14.5. The number of benzene rings is 1. The van der Waals surface area contributed by atoms with Crippen LogP contribution in [0.25, 0.3) is 0 Å². The zero-order valence-electron chi connectivity index (χ0n) is 11.0. The Kier molecular flexibility index (Phi) is 5.39. The number of rotatable bonds is 5. The van der Waals surface area contributed by atoms with Gasteiger partial charge in [0.05, 0.1) is 12.0 Å². The summed E-state index contributed by atoms with van der Waals surface area (Å²) < 4.78 is 37.7. The van der Waals surface area contributed by atoms with Crippen molar-refractivity contribution in [3.8, 4) is 0 Å². The van der Waals surface area contributed by atoms with Gasteiger partial charge < -0.3 is 5.32 Å². The molecule has 0 saturated heterocycles. The summed E-state index contributed by atoms with van der Waals surface area (Å²) in [5, 5.41) is 2.59. The molecule has 1 N–H and O–H groups in total. The average Bonchev–Trinajstić information content (AvgIpc) is 2.35. The number of hydrogen-bond acceptors (Lipinski definition) is 1. The highest BCUT2D eigenvalue weighted by Crippen LogP contribution is 2.31. The van der Waals surface area contributed by atoms with E-state index in [1.165, 1.54) is 6.92 Å². The van der Waals surface area contributed by atoms with Crippen molar-refractivity contribution in [1.82, 2.24) is 5.32 Å². The van der Waals surface area contributed by atoms with Gasteiger partial charge in [0.2, 0.25) is 5.91 Å². The van der Waals surface area contributed by atoms with Crippen LogP contribution in [-0.4, -0.2) is 12.1 Å². The molecule has 0 aliphatic rings. The average molecular weight is 275 g/mol. The van der Waals surface area contributed by atoms with Gasteiger partial charge in [-0.3, -0.25) is 4.79 Å². The molecule has 5 heteroatoms. The Labute approximate surface area is 112 Å². The van der Waals surface area contributed by atoms with Crippen molar-refractivity contribution in [1.29, 1.82) is 0 Å². The van der Waals surface area contributed by atoms with Crippen molar-refractivity contribution in [3.63, 3.8) is 0 Å². The van der Waals surface area contributed by atoms with E-state index in [0.29, 0.717) is 0 Å². The molecule has 0 aromatic heterocycles. The fourth-order valence-corrected chi connectivity index (χ4v) is 1.84. The molecule has 0 saturated carbocycles. The van der Waals surface area contributed by atoms with Gasteiger partial charge in [0, 0.05) is 7.85 Å². The highest BCUT2D eigenvalue weighted by molar-refractivity contribution is 5.76. The minimum Gasteiger partial charge on any atom is -0.350 e. The number of nitrogens with one attached hydrogen (secondary N) is 1. The van der Waals surface area contributed by atoms with Gasteiger partial charge in [-0.1, -0.05) is 37.3 Å². The molecular weight excluding hydrogens is 255 g/mol. The maximum absolute atomic E-state index is 12.6. The van der Waals surface area contributed by atoms with Crippen molar-refractivity contribution in [2.24, 2.45) is 5.92 Å². The van der Waals surface area contributed by atoms with Crippen LogP contribution in [0.5, 0.6) is 0 Å². The van der Waals surface area contributed by atoms with E-state index >= 15 is 0 Å². The van der Waals surface area contributed by atoms with E-state index in [1.807, 2.05) is 30.3 Å². The predicted octanol–water partition coefficient (Wildman–Crippen LogP) is 4.09. The lowest BCUT2D eigenvalue weighted by Gasteiger charge is -2.20. The van der Waals surface area contributed by atoms with Gasteiger partial charge in [0.15, 0.2) is 0 Å². The number of amides is 1. The highest BCUT2D eigenvalue weighted by Gasteiger charge is 2.39. The van der Waals surface area contributed by atoms with Crippen molar-refractivity contribution in [2.45, 2.75) is 38.9 Å². The number of halogens is 3. The molecule has 1 amide bonds. The van der Waals surface area contributed by atoms with Crippen LogP contribution in [0.1, 0.15) is 39.7 Å². The Morgan fingerprint density at radius 2 is 1.89 bits per heavy atom. The predicted molar refractivity (Wildman–Crippen MR) is 69.6 cm³/mol. The molecule has 0 bridgehead atoms. The summed E-state index contributed by atoms with van der Waals surface area (Å²) >= 11 is 0. The van der Waals surface area contributed by atoms with Gasteiger partial charge in [-0.05, 0) is 18.9 Å². The molecule has 0 fully saturated rings. The van der Waals surface area contributed by atoms with Crippen LogP contribution in [0.3, 0.4) is 0 Å². The summed E-state index contributed by atoms with van der Waals surface area (Å²) in [6, 6.07) is 8.84. The molecule has 1 unspecified atom stereocenters. The van der Waals surface area contributed by atoms with E-state index in [-0.39, 0.29) is 13.9 Å². The highest BCUT2D eigenvalue weighted by atomic mass is 19.4. The van der Waals surface area contributed by atoms with Crippen molar-refractivity contribution < 1.29 is 19.4 Å². The monoisotopic (exact) mass is 275 g/mol. The number of carbonyl (C=O) groups is 1. The van der Waals surface area contributed by atoms with Crippen molar-refractivity contribution in [3.05, 3.63) is 35.9 Å². The summed E-state index contributed by atoms with van der Waals surface area (Å²) in [4.78, 5) is 11.6. The maximum Gasteiger partial charge on any atom is 0.392 e. The molecule has 108 valence electrons. The third-order valence-electron chi connectivity index (χ3n) is 3.06. The second-order valence-corrected chi connectivity index (χ2v) is 4.55. The van der Waals surface area contributed by atoms with Crippen LogP contribution in [0.4, 0.5) is 13.2 Å². The molecular formula is C14H20F3NO. The normalized spacial score (nSPS) is 14.8. The summed E-state index contributed by atoms with van der Waals surface area (Å²) in [7, 11) is 0. The Balaban J connectivity index is 0.00000361. The lowest BCUT2D eigenvalue weighted by molar-refractivity contribution is -0.179. The van der Waals surface area contributed by atoms with Gasteiger partial charge in [0.1, 0.15) is 0 Å². The first-order valence-corrected chi connectivity index (χ1v) is 6.25. The van der Waals surface area contributed by atoms with Crippen LogP contribution in [0.15, 0.2) is 30.3 Å². The first kappa shape index (κ1) is 15.5. The van der Waals surface area contributed by atoms with E-state index in [9.17, 15) is 18.0 Å². The van der Waals surface area contributed by atoms with Crippen molar-refractivity contribution >= 4 is 5.91 Å². The first-order chi connectivity index (χ1) is 8.84. The van der Waals surface area contributed by atoms with E-state index in [4.69, 9.17) is 0 Å². The van der Waals surface area contributed by atoms with Gasteiger partial charge in [-0.2, -0.15) is 13.2 Å². The molecule has 2 nitrogen and oxygen atoms in total. The molecule has 0 aliphatic carbocycles. The molecule has 19 heavy (non-hydrogen) atoms. The molecule has 0 heterocycles. The number of alkyl halides is 3. The fourth-order valence-electron chi connectivity index (χ4n) is 1.84. The number of hydrogen-bond donors (Lipinski definition) is 1. The van der Waals surface area contributed by atoms with Gasteiger partial charge in [-0.25, -0.2) is 0 Å². The molecule has 0 radical (unpaired) electrons. The Morgan fingerprint density at radius 3 is 2.37 bits per heavy atom. The van der Waals surface area contributed by atoms with Crippen LogP contribution >= 0.6 is 0 Å². The summed E-state index contributed by atoms with van der Waals surface area (Å²) in [5.74, 6) is -2.14.